The van der Waals surface area contributed by atoms with Gasteiger partial charge < -0.3 is 15.8 Å². The molecule has 0 heterocycles. The van der Waals surface area contributed by atoms with Crippen LogP contribution in [0.2, 0.25) is 0 Å². The lowest BCUT2D eigenvalue weighted by Gasteiger charge is -2.12. The van der Waals surface area contributed by atoms with Crippen LogP contribution in [0.3, 0.4) is 0 Å². The first-order valence-corrected chi connectivity index (χ1v) is 6.35. The average molecular weight is 280 g/mol. The molecule has 0 fully saturated rings. The maximum absolute atomic E-state index is 10.8. The van der Waals surface area contributed by atoms with Crippen molar-refractivity contribution in [1.82, 2.24) is 5.32 Å². The maximum atomic E-state index is 10.8. The van der Waals surface area contributed by atoms with Gasteiger partial charge in [-0.3, -0.25) is 10.1 Å². The second-order valence-corrected chi connectivity index (χ2v) is 4.41. The molecule has 0 saturated carbocycles. The van der Waals surface area contributed by atoms with Crippen LogP contribution in [0.5, 0.6) is 5.75 Å². The van der Waals surface area contributed by atoms with Gasteiger partial charge in [-0.2, -0.15) is 0 Å². The minimum absolute atomic E-state index is 0.00413. The number of non-ortho nitro benzene ring substituents is 1. The number of benzene rings is 1. The molecule has 1 aromatic rings. The summed E-state index contributed by atoms with van der Waals surface area (Å²) in [6, 6.07) is 4.62. The number of aliphatic imine (C=N–C) groups is 1. The second kappa shape index (κ2) is 7.32. The van der Waals surface area contributed by atoms with Gasteiger partial charge in [0.15, 0.2) is 5.96 Å². The Labute approximate surface area is 118 Å². The third-order valence-electron chi connectivity index (χ3n) is 2.90. The highest BCUT2D eigenvalue weighted by Crippen LogP contribution is 2.24. The Balaban J connectivity index is 2.87. The first-order valence-electron chi connectivity index (χ1n) is 6.35. The van der Waals surface area contributed by atoms with Crippen LogP contribution in [-0.2, 0) is 6.54 Å². The fraction of sp³-hybridized carbons (Fsp3) is 0.462. The van der Waals surface area contributed by atoms with Crippen molar-refractivity contribution in [2.24, 2.45) is 10.7 Å². The highest BCUT2D eigenvalue weighted by atomic mass is 16.6. The molecule has 0 aliphatic carbocycles. The molecule has 1 atom stereocenters. The summed E-state index contributed by atoms with van der Waals surface area (Å²) in [7, 11) is 1.51. The van der Waals surface area contributed by atoms with Crippen molar-refractivity contribution in [3.8, 4) is 5.75 Å². The van der Waals surface area contributed by atoms with Crippen LogP contribution < -0.4 is 15.8 Å². The zero-order chi connectivity index (χ0) is 15.1. The molecule has 1 rings (SSSR count). The number of ether oxygens (including phenoxy) is 1. The normalized spacial score (nSPS) is 12.8. The Bertz CT molecular complexity index is 502. The zero-order valence-electron chi connectivity index (χ0n) is 11.9. The molecule has 0 aliphatic heterocycles. The summed E-state index contributed by atoms with van der Waals surface area (Å²) in [6.45, 7) is 4.25. The van der Waals surface area contributed by atoms with Crippen LogP contribution in [0.25, 0.3) is 0 Å². The highest BCUT2D eigenvalue weighted by molar-refractivity contribution is 5.78. The SMILES string of the molecule is CCC(C)NC(N)=NCc1cc([N+](=O)[O-])ccc1OC. The fourth-order valence-corrected chi connectivity index (χ4v) is 1.57. The molecule has 0 aliphatic rings. The number of nitrogens with one attached hydrogen (secondary N) is 1. The lowest BCUT2D eigenvalue weighted by molar-refractivity contribution is -0.384. The van der Waals surface area contributed by atoms with Crippen molar-refractivity contribution in [2.45, 2.75) is 32.9 Å². The van der Waals surface area contributed by atoms with E-state index in [1.165, 1.54) is 19.2 Å². The van der Waals surface area contributed by atoms with E-state index in [9.17, 15) is 10.1 Å². The van der Waals surface area contributed by atoms with Crippen LogP contribution in [0.1, 0.15) is 25.8 Å². The van der Waals surface area contributed by atoms with E-state index in [0.29, 0.717) is 17.3 Å². The van der Waals surface area contributed by atoms with Crippen molar-refractivity contribution in [3.05, 3.63) is 33.9 Å². The Kier molecular flexibility index (Phi) is 5.76. The molecule has 3 N–H and O–H groups in total. The Morgan fingerprint density at radius 3 is 2.85 bits per heavy atom. The molecule has 0 spiro atoms. The van der Waals surface area contributed by atoms with Gasteiger partial charge in [0, 0.05) is 23.7 Å². The van der Waals surface area contributed by atoms with Crippen LogP contribution in [0.15, 0.2) is 23.2 Å². The maximum Gasteiger partial charge on any atom is 0.270 e. The van der Waals surface area contributed by atoms with E-state index in [4.69, 9.17) is 10.5 Å². The van der Waals surface area contributed by atoms with Crippen LogP contribution >= 0.6 is 0 Å². The number of hydrogen-bond donors (Lipinski definition) is 2. The van der Waals surface area contributed by atoms with Crippen molar-refractivity contribution in [3.63, 3.8) is 0 Å². The third kappa shape index (κ3) is 4.42. The molecular formula is C13H20N4O3. The molecule has 0 amide bonds. The number of rotatable bonds is 6. The average Bonchev–Trinajstić information content (AvgIpc) is 2.44. The smallest absolute Gasteiger partial charge is 0.270 e. The van der Waals surface area contributed by atoms with E-state index in [-0.39, 0.29) is 18.3 Å². The summed E-state index contributed by atoms with van der Waals surface area (Å²) in [5.74, 6) is 0.864. The van der Waals surface area contributed by atoms with Gasteiger partial charge in [-0.1, -0.05) is 6.92 Å². The molecular weight excluding hydrogens is 260 g/mol. The van der Waals surface area contributed by atoms with Crippen LogP contribution in [-0.4, -0.2) is 24.0 Å². The topological polar surface area (TPSA) is 103 Å². The van der Waals surface area contributed by atoms with Gasteiger partial charge in [-0.15, -0.1) is 0 Å². The van der Waals surface area contributed by atoms with Crippen molar-refractivity contribution in [1.29, 1.82) is 0 Å². The summed E-state index contributed by atoms with van der Waals surface area (Å²) in [4.78, 5) is 14.5. The van der Waals surface area contributed by atoms with Crippen molar-refractivity contribution < 1.29 is 9.66 Å². The number of nitrogens with zero attached hydrogens (tertiary/aromatic N) is 2. The largest absolute Gasteiger partial charge is 0.496 e. The Morgan fingerprint density at radius 2 is 2.30 bits per heavy atom. The van der Waals surface area contributed by atoms with Gasteiger partial charge in [0.05, 0.1) is 18.6 Å². The lowest BCUT2D eigenvalue weighted by Crippen LogP contribution is -2.38. The van der Waals surface area contributed by atoms with Crippen molar-refractivity contribution in [2.75, 3.05) is 7.11 Å². The molecule has 7 heteroatoms. The standard InChI is InChI=1S/C13H20N4O3/c1-4-9(2)16-13(14)15-8-10-7-11(17(18)19)5-6-12(10)20-3/h5-7,9H,4,8H2,1-3H3,(H3,14,15,16). The van der Waals surface area contributed by atoms with Crippen LogP contribution in [0, 0.1) is 10.1 Å². The predicted molar refractivity (Wildman–Crippen MR) is 77.9 cm³/mol. The van der Waals surface area contributed by atoms with Gasteiger partial charge in [0.25, 0.3) is 5.69 Å². The molecule has 1 unspecified atom stereocenters. The summed E-state index contributed by atoms with van der Waals surface area (Å²) in [5, 5.41) is 13.8. The first-order chi connectivity index (χ1) is 9.47. The molecule has 110 valence electrons. The minimum atomic E-state index is -0.451. The third-order valence-corrected chi connectivity index (χ3v) is 2.90. The van der Waals surface area contributed by atoms with E-state index in [1.807, 2.05) is 13.8 Å². The van der Waals surface area contributed by atoms with Gasteiger partial charge in [-0.25, -0.2) is 4.99 Å². The van der Waals surface area contributed by atoms with Gasteiger partial charge in [0.1, 0.15) is 5.75 Å². The Morgan fingerprint density at radius 1 is 1.60 bits per heavy atom. The summed E-state index contributed by atoms with van der Waals surface area (Å²) in [5.41, 5.74) is 6.38. The number of methoxy groups -OCH3 is 1. The summed E-state index contributed by atoms with van der Waals surface area (Å²) >= 11 is 0. The van der Waals surface area contributed by atoms with Crippen molar-refractivity contribution >= 4 is 11.6 Å². The fourth-order valence-electron chi connectivity index (χ4n) is 1.57. The minimum Gasteiger partial charge on any atom is -0.496 e. The van der Waals surface area contributed by atoms with Gasteiger partial charge in [0.2, 0.25) is 0 Å². The molecule has 0 radical (unpaired) electrons. The number of nitrogens with two attached hydrogens (primary N) is 1. The van der Waals surface area contributed by atoms with E-state index in [0.717, 1.165) is 6.42 Å². The number of hydrogen-bond acceptors (Lipinski definition) is 4. The summed E-state index contributed by atoms with van der Waals surface area (Å²) in [6.07, 6.45) is 0.927. The zero-order valence-corrected chi connectivity index (χ0v) is 11.9. The van der Waals surface area contributed by atoms with E-state index in [2.05, 4.69) is 10.3 Å². The molecule has 0 aromatic heterocycles. The molecule has 0 bridgehead atoms. The highest BCUT2D eigenvalue weighted by Gasteiger charge is 2.11. The first kappa shape index (κ1) is 15.7. The molecule has 1 aromatic carbocycles. The van der Waals surface area contributed by atoms with Gasteiger partial charge >= 0.3 is 0 Å². The van der Waals surface area contributed by atoms with E-state index in [1.54, 1.807) is 6.07 Å². The van der Waals surface area contributed by atoms with E-state index >= 15 is 0 Å². The van der Waals surface area contributed by atoms with E-state index < -0.39 is 4.92 Å². The summed E-state index contributed by atoms with van der Waals surface area (Å²) < 4.78 is 5.16. The number of nitro groups is 1. The number of guanidine groups is 1. The van der Waals surface area contributed by atoms with Crippen LogP contribution in [0.4, 0.5) is 5.69 Å². The second-order valence-electron chi connectivity index (χ2n) is 4.41. The lowest BCUT2D eigenvalue weighted by atomic mass is 10.2. The molecule has 20 heavy (non-hydrogen) atoms. The predicted octanol–water partition coefficient (Wildman–Crippen LogP) is 1.81. The quantitative estimate of drug-likeness (QED) is 0.358. The monoisotopic (exact) mass is 280 g/mol. The number of nitro benzene ring substituents is 1. The Hall–Kier alpha value is -2.31. The molecule has 7 nitrogen and oxygen atoms in total. The van der Waals surface area contributed by atoms with Gasteiger partial charge in [-0.05, 0) is 19.4 Å². The molecule has 0 saturated heterocycles.